The fourth-order valence-corrected chi connectivity index (χ4v) is 4.04. The molecule has 2 aromatic heterocycles. The molecule has 1 amide bonds. The van der Waals surface area contributed by atoms with Gasteiger partial charge in [-0.1, -0.05) is 0 Å². The molecule has 0 aliphatic carbocycles. The molecule has 7 nitrogen and oxygen atoms in total. The molecule has 0 bridgehead atoms. The lowest BCUT2D eigenvalue weighted by Crippen LogP contribution is -2.32. The number of aromatic nitrogens is 2. The number of thiazole rings is 1. The van der Waals surface area contributed by atoms with E-state index in [1.54, 1.807) is 11.8 Å². The van der Waals surface area contributed by atoms with E-state index in [0.717, 1.165) is 23.5 Å². The van der Waals surface area contributed by atoms with Crippen LogP contribution in [0.3, 0.4) is 0 Å². The molecule has 0 saturated carbocycles. The van der Waals surface area contributed by atoms with Crippen LogP contribution in [0.4, 0.5) is 0 Å². The number of amides is 1. The first-order valence-electron chi connectivity index (χ1n) is 7.97. The molecule has 0 unspecified atom stereocenters. The first-order chi connectivity index (χ1) is 11.9. The fourth-order valence-electron chi connectivity index (χ4n) is 3.10. The van der Waals surface area contributed by atoms with E-state index in [1.807, 2.05) is 12.3 Å². The fraction of sp³-hybridized carbons (Fsp3) is 0.412. The highest BCUT2D eigenvalue weighted by molar-refractivity contribution is 7.09. The average molecular weight is 361 g/mol. The molecular weight excluding hydrogens is 342 g/mol. The van der Waals surface area contributed by atoms with Crippen molar-refractivity contribution >= 4 is 23.2 Å². The molecule has 25 heavy (non-hydrogen) atoms. The Morgan fingerprint density at radius 2 is 2.16 bits per heavy atom. The first-order valence-corrected chi connectivity index (χ1v) is 8.85. The topological polar surface area (TPSA) is 92.4 Å². The molecular formula is C17H19N3O4S. The lowest BCUT2D eigenvalue weighted by molar-refractivity contribution is 0.0592. The van der Waals surface area contributed by atoms with E-state index in [2.05, 4.69) is 14.7 Å². The zero-order chi connectivity index (χ0) is 18.1. The van der Waals surface area contributed by atoms with Crippen molar-refractivity contribution < 1.29 is 14.3 Å². The number of likely N-dealkylation sites (tertiary alicyclic amines) is 1. The molecule has 3 rings (SSSR count). The van der Waals surface area contributed by atoms with Crippen molar-refractivity contribution in [2.24, 2.45) is 0 Å². The third kappa shape index (κ3) is 3.21. The van der Waals surface area contributed by atoms with Gasteiger partial charge >= 0.3 is 5.97 Å². The number of aryl methyl sites for hydroxylation is 1. The Labute approximate surface area is 148 Å². The minimum atomic E-state index is -0.669. The van der Waals surface area contributed by atoms with Crippen molar-refractivity contribution in [1.29, 1.82) is 0 Å². The lowest BCUT2D eigenvalue weighted by atomic mass is 10.1. The quantitative estimate of drug-likeness (QED) is 0.846. The summed E-state index contributed by atoms with van der Waals surface area (Å²) in [4.78, 5) is 45.5. The third-order valence-corrected chi connectivity index (χ3v) is 5.42. The zero-order valence-electron chi connectivity index (χ0n) is 14.3. The Hall–Kier alpha value is -2.48. The second-order valence-corrected chi connectivity index (χ2v) is 6.91. The highest BCUT2D eigenvalue weighted by atomic mass is 32.1. The molecule has 1 saturated heterocycles. The standard InChI is InChI=1S/C17H19N3O4S/c1-9-8-25-15(18-9)12-5-4-6-20(12)16(22)11-7-13(21)19-14(10(11)2)17(23)24-3/h7-8,12H,4-6H2,1-3H3,(H,19,21)/t12-/m1/s1. The molecule has 3 heterocycles. The molecule has 8 heteroatoms. The van der Waals surface area contributed by atoms with Gasteiger partial charge in [0.15, 0.2) is 0 Å². The Morgan fingerprint density at radius 1 is 1.40 bits per heavy atom. The Bertz CT molecular complexity index is 886. The summed E-state index contributed by atoms with van der Waals surface area (Å²) in [6, 6.07) is 1.15. The van der Waals surface area contributed by atoms with Crippen LogP contribution in [0, 0.1) is 13.8 Å². The largest absolute Gasteiger partial charge is 0.464 e. The number of nitrogens with zero attached hydrogens (tertiary/aromatic N) is 2. The van der Waals surface area contributed by atoms with Gasteiger partial charge in [0.25, 0.3) is 5.91 Å². The summed E-state index contributed by atoms with van der Waals surface area (Å²) in [5.41, 5.74) is 1.08. The summed E-state index contributed by atoms with van der Waals surface area (Å²) < 4.78 is 4.68. The number of hydrogen-bond acceptors (Lipinski definition) is 6. The third-order valence-electron chi connectivity index (χ3n) is 4.36. The van der Waals surface area contributed by atoms with Gasteiger partial charge in [0, 0.05) is 23.7 Å². The average Bonchev–Trinajstić information content (AvgIpc) is 3.23. The van der Waals surface area contributed by atoms with Crippen molar-refractivity contribution in [3.63, 3.8) is 0 Å². The zero-order valence-corrected chi connectivity index (χ0v) is 15.1. The van der Waals surface area contributed by atoms with E-state index in [4.69, 9.17) is 0 Å². The molecule has 1 aliphatic rings. The SMILES string of the molecule is COC(=O)c1[nH]c(=O)cc(C(=O)N2CCC[C@@H]2c2nc(C)cs2)c1C. The number of aromatic amines is 1. The van der Waals surface area contributed by atoms with Crippen molar-refractivity contribution in [2.45, 2.75) is 32.7 Å². The van der Waals surface area contributed by atoms with Crippen LogP contribution in [0.15, 0.2) is 16.2 Å². The van der Waals surface area contributed by atoms with Crippen LogP contribution in [-0.2, 0) is 4.74 Å². The summed E-state index contributed by atoms with van der Waals surface area (Å²) in [5, 5.41) is 2.86. The van der Waals surface area contributed by atoms with Gasteiger partial charge in [-0.05, 0) is 32.3 Å². The molecule has 1 atom stereocenters. The van der Waals surface area contributed by atoms with E-state index >= 15 is 0 Å². The number of H-pyrrole nitrogens is 1. The number of methoxy groups -OCH3 is 1. The Kier molecular flexibility index (Phi) is 4.71. The summed E-state index contributed by atoms with van der Waals surface area (Å²) in [6.45, 7) is 4.15. The van der Waals surface area contributed by atoms with Gasteiger partial charge in [0.05, 0.1) is 18.7 Å². The smallest absolute Gasteiger partial charge is 0.354 e. The Morgan fingerprint density at radius 3 is 2.80 bits per heavy atom. The van der Waals surface area contributed by atoms with E-state index in [1.165, 1.54) is 24.5 Å². The number of esters is 1. The summed E-state index contributed by atoms with van der Waals surface area (Å²) in [7, 11) is 1.23. The highest BCUT2D eigenvalue weighted by Gasteiger charge is 2.34. The molecule has 1 N–H and O–H groups in total. The summed E-state index contributed by atoms with van der Waals surface area (Å²) >= 11 is 1.54. The van der Waals surface area contributed by atoms with Crippen molar-refractivity contribution in [3.05, 3.63) is 49.3 Å². The van der Waals surface area contributed by atoms with E-state index < -0.39 is 11.5 Å². The maximum atomic E-state index is 13.1. The van der Waals surface area contributed by atoms with Crippen LogP contribution >= 0.6 is 11.3 Å². The minimum absolute atomic E-state index is 0.0131. The number of pyridine rings is 1. The number of ether oxygens (including phenoxy) is 1. The van der Waals surface area contributed by atoms with Gasteiger partial charge in [-0.2, -0.15) is 0 Å². The molecule has 0 radical (unpaired) electrons. The van der Waals surface area contributed by atoms with Crippen LogP contribution in [0.25, 0.3) is 0 Å². The lowest BCUT2D eigenvalue weighted by Gasteiger charge is -2.24. The number of nitrogens with one attached hydrogen (secondary N) is 1. The van der Waals surface area contributed by atoms with Crippen LogP contribution in [-0.4, -0.2) is 40.4 Å². The van der Waals surface area contributed by atoms with E-state index in [0.29, 0.717) is 12.1 Å². The molecule has 1 fully saturated rings. The predicted molar refractivity (Wildman–Crippen MR) is 93.0 cm³/mol. The Balaban J connectivity index is 1.99. The van der Waals surface area contributed by atoms with Crippen molar-refractivity contribution in [2.75, 3.05) is 13.7 Å². The highest BCUT2D eigenvalue weighted by Crippen LogP contribution is 2.35. The van der Waals surface area contributed by atoms with E-state index in [-0.39, 0.29) is 23.2 Å². The van der Waals surface area contributed by atoms with Crippen molar-refractivity contribution in [1.82, 2.24) is 14.9 Å². The van der Waals surface area contributed by atoms with Crippen molar-refractivity contribution in [3.8, 4) is 0 Å². The van der Waals surface area contributed by atoms with Gasteiger partial charge < -0.3 is 14.6 Å². The molecule has 1 aliphatic heterocycles. The van der Waals surface area contributed by atoms with Gasteiger partial charge in [-0.15, -0.1) is 11.3 Å². The van der Waals surface area contributed by atoms with Crippen LogP contribution < -0.4 is 5.56 Å². The maximum absolute atomic E-state index is 13.1. The number of hydrogen-bond donors (Lipinski definition) is 1. The molecule has 0 spiro atoms. The summed E-state index contributed by atoms with van der Waals surface area (Å²) in [5.74, 6) is -0.929. The van der Waals surface area contributed by atoms with Crippen LogP contribution in [0.2, 0.25) is 0 Å². The molecule has 0 aromatic carbocycles. The van der Waals surface area contributed by atoms with Gasteiger partial charge in [0.2, 0.25) is 5.56 Å². The normalized spacial score (nSPS) is 16.9. The first kappa shape index (κ1) is 17.3. The molecule has 2 aromatic rings. The van der Waals surface area contributed by atoms with Crippen LogP contribution in [0.5, 0.6) is 0 Å². The number of carbonyl (C=O) groups is 2. The second kappa shape index (κ2) is 6.79. The van der Waals surface area contributed by atoms with Crippen LogP contribution in [0.1, 0.15) is 56.0 Å². The monoisotopic (exact) mass is 361 g/mol. The van der Waals surface area contributed by atoms with Gasteiger partial charge in [0.1, 0.15) is 10.7 Å². The number of rotatable bonds is 3. The minimum Gasteiger partial charge on any atom is -0.464 e. The molecule has 132 valence electrons. The maximum Gasteiger partial charge on any atom is 0.354 e. The number of carbonyl (C=O) groups excluding carboxylic acids is 2. The predicted octanol–water partition coefficient (Wildman–Crippen LogP) is 2.21. The second-order valence-electron chi connectivity index (χ2n) is 6.02. The van der Waals surface area contributed by atoms with Gasteiger partial charge in [-0.3, -0.25) is 9.59 Å². The van der Waals surface area contributed by atoms with Gasteiger partial charge in [-0.25, -0.2) is 9.78 Å². The van der Waals surface area contributed by atoms with E-state index in [9.17, 15) is 14.4 Å². The summed E-state index contributed by atoms with van der Waals surface area (Å²) in [6.07, 6.45) is 1.71.